The highest BCUT2D eigenvalue weighted by Gasteiger charge is 2.29. The van der Waals surface area contributed by atoms with Gasteiger partial charge in [0.2, 0.25) is 5.78 Å². The zero-order valence-corrected chi connectivity index (χ0v) is 16.9. The third kappa shape index (κ3) is 3.72. The molecule has 3 aromatic rings. The highest BCUT2D eigenvalue weighted by atomic mass is 79.9. The van der Waals surface area contributed by atoms with E-state index in [9.17, 15) is 4.79 Å². The van der Waals surface area contributed by atoms with Gasteiger partial charge >= 0.3 is 0 Å². The molecule has 1 aromatic carbocycles. The maximum absolute atomic E-state index is 12.6. The maximum Gasteiger partial charge on any atom is 0.215 e. The second-order valence-electron chi connectivity index (χ2n) is 7.19. The molecule has 1 aliphatic rings. The Morgan fingerprint density at radius 1 is 1.26 bits per heavy atom. The Bertz CT molecular complexity index is 934. The third-order valence-electron chi connectivity index (χ3n) is 5.30. The van der Waals surface area contributed by atoms with Gasteiger partial charge in [-0.1, -0.05) is 37.3 Å². The van der Waals surface area contributed by atoms with E-state index in [1.165, 1.54) is 0 Å². The van der Waals surface area contributed by atoms with Gasteiger partial charge in [-0.15, -0.1) is 17.0 Å². The summed E-state index contributed by atoms with van der Waals surface area (Å²) in [5.41, 5.74) is 8.02. The van der Waals surface area contributed by atoms with E-state index >= 15 is 0 Å². The normalized spacial score (nSPS) is 16.1. The van der Waals surface area contributed by atoms with Crippen LogP contribution in [0.1, 0.15) is 35.8 Å². The zero-order chi connectivity index (χ0) is 18.1. The van der Waals surface area contributed by atoms with Crippen molar-refractivity contribution in [3.05, 3.63) is 47.8 Å². The number of aromatic nitrogens is 4. The summed E-state index contributed by atoms with van der Waals surface area (Å²) in [6, 6.07) is 9.08. The Morgan fingerprint density at radius 3 is 2.63 bits per heavy atom. The summed E-state index contributed by atoms with van der Waals surface area (Å²) in [5, 5.41) is 7.01. The number of piperidine rings is 1. The van der Waals surface area contributed by atoms with E-state index in [-0.39, 0.29) is 28.2 Å². The van der Waals surface area contributed by atoms with Crippen molar-refractivity contribution in [3.63, 3.8) is 0 Å². The molecule has 27 heavy (non-hydrogen) atoms. The summed E-state index contributed by atoms with van der Waals surface area (Å²) in [7, 11) is 0. The van der Waals surface area contributed by atoms with Crippen molar-refractivity contribution < 1.29 is 4.79 Å². The second-order valence-corrected chi connectivity index (χ2v) is 7.19. The molecule has 0 atom stereocenters. The summed E-state index contributed by atoms with van der Waals surface area (Å²) in [4.78, 5) is 24.0. The van der Waals surface area contributed by atoms with Gasteiger partial charge < -0.3 is 10.6 Å². The molecule has 8 heteroatoms. The first-order chi connectivity index (χ1) is 12.6. The Balaban J connectivity index is 0.00000210. The number of hydrogen-bond acceptors (Lipinski definition) is 6. The fraction of sp³-hybridized carbons (Fsp3) is 0.368. The molecule has 0 aliphatic carbocycles. The lowest BCUT2D eigenvalue weighted by molar-refractivity contribution is 0.103. The molecule has 0 amide bonds. The zero-order valence-electron chi connectivity index (χ0n) is 15.2. The van der Waals surface area contributed by atoms with E-state index in [0.29, 0.717) is 29.0 Å². The molecule has 3 heterocycles. The van der Waals surface area contributed by atoms with Crippen LogP contribution in [0.3, 0.4) is 0 Å². The maximum atomic E-state index is 12.6. The minimum absolute atomic E-state index is 0. The lowest BCUT2D eigenvalue weighted by atomic mass is 9.80. The first-order valence-corrected chi connectivity index (χ1v) is 8.85. The Labute approximate surface area is 168 Å². The molecular formula is C19H23BrN6O. The number of nitrogens with two attached hydrogens (primary N) is 1. The van der Waals surface area contributed by atoms with Gasteiger partial charge in [-0.05, 0) is 24.8 Å². The van der Waals surface area contributed by atoms with Crippen molar-refractivity contribution in [1.29, 1.82) is 0 Å². The molecule has 0 saturated carbocycles. The number of carbonyl (C=O) groups excluding carboxylic acids is 1. The highest BCUT2D eigenvalue weighted by Crippen LogP contribution is 2.31. The minimum atomic E-state index is -0.157. The topological polar surface area (TPSA) is 101 Å². The second kappa shape index (κ2) is 7.74. The van der Waals surface area contributed by atoms with Crippen LogP contribution in [0, 0.1) is 5.41 Å². The van der Waals surface area contributed by atoms with E-state index in [4.69, 9.17) is 5.73 Å². The summed E-state index contributed by atoms with van der Waals surface area (Å²) in [5.74, 6) is 0.648. The average molecular weight is 431 g/mol. The van der Waals surface area contributed by atoms with Crippen LogP contribution in [0.25, 0.3) is 11.2 Å². The number of nitrogens with zero attached hydrogens (tertiary/aromatic N) is 4. The molecule has 0 radical (unpaired) electrons. The molecule has 4 rings (SSSR count). The van der Waals surface area contributed by atoms with Crippen molar-refractivity contribution in [2.45, 2.75) is 19.8 Å². The number of anilines is 1. The molecule has 3 N–H and O–H groups in total. The Kier molecular flexibility index (Phi) is 5.57. The summed E-state index contributed by atoms with van der Waals surface area (Å²) in [6.45, 7) is 4.74. The van der Waals surface area contributed by atoms with E-state index in [0.717, 1.165) is 31.7 Å². The van der Waals surface area contributed by atoms with E-state index < -0.39 is 0 Å². The van der Waals surface area contributed by atoms with E-state index in [1.54, 1.807) is 18.3 Å². The number of ketones is 1. The van der Waals surface area contributed by atoms with E-state index in [2.05, 4.69) is 32.0 Å². The summed E-state index contributed by atoms with van der Waals surface area (Å²) in [6.07, 6.45) is 3.79. The van der Waals surface area contributed by atoms with Gasteiger partial charge in [0.05, 0.1) is 6.20 Å². The number of benzene rings is 1. The van der Waals surface area contributed by atoms with Crippen LogP contribution in [-0.4, -0.2) is 45.6 Å². The number of nitrogens with one attached hydrogen (secondary N) is 1. The number of carbonyl (C=O) groups is 1. The highest BCUT2D eigenvalue weighted by molar-refractivity contribution is 8.93. The van der Waals surface area contributed by atoms with Crippen LogP contribution in [0.4, 0.5) is 5.82 Å². The van der Waals surface area contributed by atoms with Gasteiger partial charge in [-0.2, -0.15) is 5.10 Å². The first kappa shape index (κ1) is 19.4. The molecule has 142 valence electrons. The number of H-pyrrole nitrogens is 1. The first-order valence-electron chi connectivity index (χ1n) is 8.85. The van der Waals surface area contributed by atoms with Gasteiger partial charge in [0.25, 0.3) is 0 Å². The molecule has 7 nitrogen and oxygen atoms in total. The minimum Gasteiger partial charge on any atom is -0.355 e. The fourth-order valence-corrected chi connectivity index (χ4v) is 3.31. The standard InChI is InChI=1S/C19H22N6O.BrH/c1-19(12-20)7-9-25(10-8-19)14-11-21-16-15(23-24-18(16)22-14)17(26)13-5-3-2-4-6-13;/h2-6,11H,7-10,12,20H2,1H3,(H,22,23,24);1H. The Morgan fingerprint density at radius 2 is 1.96 bits per heavy atom. The van der Waals surface area contributed by atoms with Crippen LogP contribution < -0.4 is 10.6 Å². The van der Waals surface area contributed by atoms with Gasteiger partial charge in [-0.3, -0.25) is 9.89 Å². The van der Waals surface area contributed by atoms with Crippen molar-refractivity contribution in [1.82, 2.24) is 20.2 Å². The lowest BCUT2D eigenvalue weighted by Gasteiger charge is -2.39. The third-order valence-corrected chi connectivity index (χ3v) is 5.30. The number of hydrogen-bond donors (Lipinski definition) is 2. The van der Waals surface area contributed by atoms with Crippen molar-refractivity contribution in [3.8, 4) is 0 Å². The molecular weight excluding hydrogens is 408 g/mol. The van der Waals surface area contributed by atoms with Crippen molar-refractivity contribution >= 4 is 39.7 Å². The van der Waals surface area contributed by atoms with Crippen LogP contribution in [-0.2, 0) is 0 Å². The van der Waals surface area contributed by atoms with Crippen LogP contribution in [0.15, 0.2) is 36.5 Å². The van der Waals surface area contributed by atoms with Crippen LogP contribution in [0.2, 0.25) is 0 Å². The van der Waals surface area contributed by atoms with Crippen LogP contribution >= 0.6 is 17.0 Å². The fourth-order valence-electron chi connectivity index (χ4n) is 3.31. The van der Waals surface area contributed by atoms with Gasteiger partial charge in [-0.25, -0.2) is 9.97 Å². The predicted octanol–water partition coefficient (Wildman–Crippen LogP) is 2.73. The van der Waals surface area contributed by atoms with Crippen molar-refractivity contribution in [2.24, 2.45) is 11.1 Å². The molecule has 0 unspecified atom stereocenters. The molecule has 1 aliphatic heterocycles. The SMILES string of the molecule is Br.CC1(CN)CCN(c2cnc3c(C(=O)c4ccccc4)n[nH]c3n2)CC1. The van der Waals surface area contributed by atoms with Gasteiger partial charge in [0.15, 0.2) is 11.3 Å². The Hall–Kier alpha value is -2.32. The largest absolute Gasteiger partial charge is 0.355 e. The van der Waals surface area contributed by atoms with E-state index in [1.807, 2.05) is 18.2 Å². The quantitative estimate of drug-likeness (QED) is 0.617. The number of aromatic amines is 1. The number of fused-ring (bicyclic) bond motifs is 1. The molecule has 0 bridgehead atoms. The molecule has 1 fully saturated rings. The van der Waals surface area contributed by atoms with Gasteiger partial charge in [0, 0.05) is 18.7 Å². The number of rotatable bonds is 4. The average Bonchev–Trinajstić information content (AvgIpc) is 3.12. The predicted molar refractivity (Wildman–Crippen MR) is 110 cm³/mol. The van der Waals surface area contributed by atoms with Crippen molar-refractivity contribution in [2.75, 3.05) is 24.5 Å². The summed E-state index contributed by atoms with van der Waals surface area (Å²) >= 11 is 0. The van der Waals surface area contributed by atoms with Crippen LogP contribution in [0.5, 0.6) is 0 Å². The molecule has 0 spiro atoms. The molecule has 1 saturated heterocycles. The summed E-state index contributed by atoms with van der Waals surface area (Å²) < 4.78 is 0. The molecule has 2 aromatic heterocycles. The van der Waals surface area contributed by atoms with Gasteiger partial charge in [0.1, 0.15) is 11.3 Å². The smallest absolute Gasteiger partial charge is 0.215 e. The lowest BCUT2D eigenvalue weighted by Crippen LogP contribution is -2.42. The number of halogens is 1. The monoisotopic (exact) mass is 430 g/mol.